The molecule has 3 atom stereocenters. The first-order chi connectivity index (χ1) is 25.3. The Labute approximate surface area is 303 Å². The van der Waals surface area contributed by atoms with Crippen molar-refractivity contribution in [3.05, 3.63) is 71.8 Å². The van der Waals surface area contributed by atoms with Crippen LogP contribution >= 0.6 is 0 Å². The monoisotopic (exact) mass is 701 g/mol. The van der Waals surface area contributed by atoms with Crippen molar-refractivity contribution in [2.75, 3.05) is 39.2 Å². The molecule has 4 heterocycles. The van der Waals surface area contributed by atoms with Crippen LogP contribution in [-0.4, -0.2) is 81.8 Å². The third kappa shape index (κ3) is 5.57. The van der Waals surface area contributed by atoms with Crippen LogP contribution in [0.15, 0.2) is 60.7 Å². The van der Waals surface area contributed by atoms with E-state index in [1.165, 1.54) is 29.3 Å². The highest BCUT2D eigenvalue weighted by Crippen LogP contribution is 2.42. The van der Waals surface area contributed by atoms with Crippen LogP contribution in [0.4, 0.5) is 10.5 Å². The lowest BCUT2D eigenvalue weighted by atomic mass is 9.88. The van der Waals surface area contributed by atoms with E-state index < -0.39 is 0 Å². The number of aryl methyl sites for hydroxylation is 1. The number of imidazole rings is 1. The maximum absolute atomic E-state index is 13.9. The number of ether oxygens (including phenoxy) is 2. The molecule has 2 saturated carbocycles. The van der Waals surface area contributed by atoms with Gasteiger partial charge in [-0.3, -0.25) is 4.79 Å². The van der Waals surface area contributed by atoms with Gasteiger partial charge in [-0.05, 0) is 104 Å². The van der Waals surface area contributed by atoms with Gasteiger partial charge >= 0.3 is 6.03 Å². The number of carbonyl (C=O) groups is 2. The van der Waals surface area contributed by atoms with E-state index in [2.05, 4.69) is 38.7 Å². The summed E-state index contributed by atoms with van der Waals surface area (Å²) in [6, 6.07) is 20.3. The van der Waals surface area contributed by atoms with Crippen LogP contribution in [0.3, 0.4) is 0 Å². The number of nitrogens with one attached hydrogen (secondary N) is 1. The summed E-state index contributed by atoms with van der Waals surface area (Å²) in [5.41, 5.74) is 13.1. The molecular weight excluding hydrogens is 654 g/mol. The quantitative estimate of drug-likeness (QED) is 0.188. The van der Waals surface area contributed by atoms with Gasteiger partial charge in [0.2, 0.25) is 0 Å². The third-order valence-corrected chi connectivity index (χ3v) is 12.2. The molecule has 0 radical (unpaired) electrons. The molecule has 3 N–H and O–H groups in total. The molecule has 4 aliphatic rings. The number of hydrogen-bond acceptors (Lipinski definition) is 6. The molecule has 2 aliphatic carbocycles. The van der Waals surface area contributed by atoms with Crippen LogP contribution in [0.1, 0.15) is 60.4 Å². The number of nitrogens with zero attached hydrogens (tertiary/aromatic N) is 5. The number of amides is 3. The lowest BCUT2D eigenvalue weighted by Crippen LogP contribution is -2.41. The predicted molar refractivity (Wildman–Crippen MR) is 202 cm³/mol. The normalized spacial score (nSPS) is 21.7. The average molecular weight is 702 g/mol. The SMILES string of the molecule is COc1ccc(NC(=O)N2CCC(c3cccc4cc(-c5nc6cc(C(=O)N7C[C@H]8CC[C@@H]7[C@@H]8N)cc(OC)c6n5C)n(CC5CC5)c34)CC2)cc1. The number of likely N-dealkylation sites (tertiary alicyclic amines) is 2. The zero-order chi connectivity index (χ0) is 35.7. The largest absolute Gasteiger partial charge is 0.497 e. The number of rotatable bonds is 8. The van der Waals surface area contributed by atoms with Crippen LogP contribution in [-0.2, 0) is 13.6 Å². The summed E-state index contributed by atoms with van der Waals surface area (Å²) in [5, 5.41) is 4.24. The van der Waals surface area contributed by atoms with E-state index in [1.807, 2.05) is 53.2 Å². The van der Waals surface area contributed by atoms with Crippen LogP contribution in [0.2, 0.25) is 0 Å². The van der Waals surface area contributed by atoms with E-state index in [0.717, 1.165) is 72.8 Å². The standard InChI is InChI=1S/C41H47N7O4/c1-45-38-32(19-28(21-35(38)52-3)40(49)48-23-27-9-14-33(48)36(27)42)44-39(45)34-20-26-5-4-6-31(37(26)47(34)22-24-7-8-24)25-15-17-46(18-16-25)41(50)43-29-10-12-30(51-2)13-11-29/h4-6,10-13,19-21,24-25,27,33,36H,7-9,14-18,22-23,42H2,1-3H3,(H,43,50)/t27-,33-,36-/m1/s1. The fourth-order valence-electron chi connectivity index (χ4n) is 9.15. The minimum atomic E-state index is -0.0698. The molecule has 11 heteroatoms. The highest BCUT2D eigenvalue weighted by Gasteiger charge is 2.47. The van der Waals surface area contributed by atoms with Crippen molar-refractivity contribution in [2.24, 2.45) is 24.6 Å². The van der Waals surface area contributed by atoms with Gasteiger partial charge in [-0.25, -0.2) is 9.78 Å². The van der Waals surface area contributed by atoms with E-state index >= 15 is 0 Å². The minimum absolute atomic E-state index is 0.00630. The summed E-state index contributed by atoms with van der Waals surface area (Å²) in [4.78, 5) is 36.1. The minimum Gasteiger partial charge on any atom is -0.497 e. The molecule has 5 aromatic rings. The first-order valence-electron chi connectivity index (χ1n) is 18.7. The third-order valence-electron chi connectivity index (χ3n) is 12.2. The Morgan fingerprint density at radius 2 is 1.71 bits per heavy atom. The van der Waals surface area contributed by atoms with Gasteiger partial charge in [0.25, 0.3) is 5.91 Å². The van der Waals surface area contributed by atoms with Gasteiger partial charge < -0.3 is 39.5 Å². The molecule has 2 aliphatic heterocycles. The van der Waals surface area contributed by atoms with E-state index in [-0.39, 0.29) is 24.0 Å². The van der Waals surface area contributed by atoms with Gasteiger partial charge in [0.15, 0.2) is 5.82 Å². The Kier molecular flexibility index (Phi) is 8.13. The fourth-order valence-corrected chi connectivity index (χ4v) is 9.15. The molecule has 2 saturated heterocycles. The van der Waals surface area contributed by atoms with Gasteiger partial charge in [-0.2, -0.15) is 0 Å². The molecule has 52 heavy (non-hydrogen) atoms. The molecule has 3 amide bonds. The van der Waals surface area contributed by atoms with Crippen molar-refractivity contribution in [3.8, 4) is 23.0 Å². The van der Waals surface area contributed by atoms with Gasteiger partial charge in [0.05, 0.1) is 30.9 Å². The van der Waals surface area contributed by atoms with Crippen LogP contribution in [0, 0.1) is 11.8 Å². The molecule has 3 aromatic carbocycles. The molecule has 0 unspecified atom stereocenters. The number of aromatic nitrogens is 3. The number of methoxy groups -OCH3 is 2. The lowest BCUT2D eigenvalue weighted by molar-refractivity contribution is 0.0700. The Morgan fingerprint density at radius 1 is 0.923 bits per heavy atom. The average Bonchev–Trinajstić information content (AvgIpc) is 3.56. The highest BCUT2D eigenvalue weighted by molar-refractivity contribution is 6.01. The Morgan fingerprint density at radius 3 is 2.38 bits per heavy atom. The van der Waals surface area contributed by atoms with Gasteiger partial charge in [0, 0.05) is 61.9 Å². The van der Waals surface area contributed by atoms with Crippen molar-refractivity contribution in [1.29, 1.82) is 0 Å². The van der Waals surface area contributed by atoms with Crippen LogP contribution in [0.5, 0.6) is 11.5 Å². The molecule has 270 valence electrons. The lowest BCUT2D eigenvalue weighted by Gasteiger charge is -2.32. The zero-order valence-corrected chi connectivity index (χ0v) is 30.2. The molecular formula is C41H47N7O4. The van der Waals surface area contributed by atoms with Crippen molar-refractivity contribution in [3.63, 3.8) is 0 Å². The first-order valence-corrected chi connectivity index (χ1v) is 18.7. The van der Waals surface area contributed by atoms with Gasteiger partial charge in [0.1, 0.15) is 17.0 Å². The number of hydrogen-bond donors (Lipinski definition) is 2. The second-order valence-corrected chi connectivity index (χ2v) is 15.3. The summed E-state index contributed by atoms with van der Waals surface area (Å²) in [5.74, 6) is 3.62. The summed E-state index contributed by atoms with van der Waals surface area (Å²) in [6.45, 7) is 3.03. The predicted octanol–water partition coefficient (Wildman–Crippen LogP) is 6.60. The molecule has 0 spiro atoms. The number of carbonyl (C=O) groups excluding carboxylic acids is 2. The van der Waals surface area contributed by atoms with E-state index in [9.17, 15) is 9.59 Å². The fraction of sp³-hybridized carbons (Fsp3) is 0.439. The number of piperidine rings is 2. The van der Waals surface area contributed by atoms with Crippen molar-refractivity contribution in [2.45, 2.75) is 63.1 Å². The maximum atomic E-state index is 13.9. The Balaban J connectivity index is 1.02. The van der Waals surface area contributed by atoms with Crippen molar-refractivity contribution in [1.82, 2.24) is 23.9 Å². The zero-order valence-electron chi connectivity index (χ0n) is 30.2. The van der Waals surface area contributed by atoms with Crippen molar-refractivity contribution >= 4 is 39.6 Å². The van der Waals surface area contributed by atoms with Gasteiger partial charge in [-0.15, -0.1) is 0 Å². The number of para-hydroxylation sites is 1. The Bertz CT molecular complexity index is 2180. The topological polar surface area (TPSA) is 120 Å². The Hall–Kier alpha value is -5.03. The number of nitrogens with two attached hydrogens (primary N) is 1. The molecule has 11 nitrogen and oxygen atoms in total. The van der Waals surface area contributed by atoms with Crippen LogP contribution in [0.25, 0.3) is 33.5 Å². The number of fused-ring (bicyclic) bond motifs is 4. The summed E-state index contributed by atoms with van der Waals surface area (Å²) < 4.78 is 15.8. The first kappa shape index (κ1) is 32.8. The van der Waals surface area contributed by atoms with Crippen molar-refractivity contribution < 1.29 is 19.1 Å². The maximum Gasteiger partial charge on any atom is 0.321 e. The molecule has 9 rings (SSSR count). The number of urea groups is 1. The number of benzene rings is 3. The summed E-state index contributed by atoms with van der Waals surface area (Å²) in [7, 11) is 5.34. The van der Waals surface area contributed by atoms with Crippen LogP contribution < -0.4 is 20.5 Å². The smallest absolute Gasteiger partial charge is 0.321 e. The van der Waals surface area contributed by atoms with E-state index in [0.29, 0.717) is 42.2 Å². The molecule has 4 fully saturated rings. The molecule has 2 bridgehead atoms. The second kappa shape index (κ2) is 12.9. The summed E-state index contributed by atoms with van der Waals surface area (Å²) in [6.07, 6.45) is 6.31. The second-order valence-electron chi connectivity index (χ2n) is 15.3. The highest BCUT2D eigenvalue weighted by atomic mass is 16.5. The number of anilines is 1. The molecule has 2 aromatic heterocycles. The van der Waals surface area contributed by atoms with E-state index in [1.54, 1.807) is 14.2 Å². The summed E-state index contributed by atoms with van der Waals surface area (Å²) >= 11 is 0. The van der Waals surface area contributed by atoms with Gasteiger partial charge in [-0.1, -0.05) is 18.2 Å². The van der Waals surface area contributed by atoms with E-state index in [4.69, 9.17) is 20.2 Å².